The molecule has 3 aromatic heterocycles. The number of aromatic amines is 1. The number of hydrogen-bond donors (Lipinski definition) is 1. The number of H-pyrrole nitrogens is 1. The van der Waals surface area contributed by atoms with Crippen LogP contribution in [0.15, 0.2) is 49.1 Å². The molecule has 3 heterocycles. The second-order valence-electron chi connectivity index (χ2n) is 7.93. The van der Waals surface area contributed by atoms with Gasteiger partial charge in [0.15, 0.2) is 0 Å². The van der Waals surface area contributed by atoms with Crippen molar-refractivity contribution in [3.05, 3.63) is 71.4 Å². The van der Waals surface area contributed by atoms with E-state index in [0.29, 0.717) is 5.92 Å². The number of rotatable bonds is 4. The summed E-state index contributed by atoms with van der Waals surface area (Å²) in [4.78, 5) is 9.14. The Hall–Kier alpha value is -3.28. The summed E-state index contributed by atoms with van der Waals surface area (Å²) in [5.74, 6) is 0.540. The number of fused-ring (bicyclic) bond motifs is 1. The van der Waals surface area contributed by atoms with E-state index < -0.39 is 0 Å². The minimum absolute atomic E-state index is 0.540. The van der Waals surface area contributed by atoms with Crippen LogP contribution in [0.2, 0.25) is 0 Å². The summed E-state index contributed by atoms with van der Waals surface area (Å²) in [6.07, 6.45) is 9.50. The third kappa shape index (κ3) is 3.46. The van der Waals surface area contributed by atoms with Crippen LogP contribution >= 0.6 is 0 Å². The van der Waals surface area contributed by atoms with Crippen molar-refractivity contribution in [3.8, 4) is 22.6 Å². The van der Waals surface area contributed by atoms with Gasteiger partial charge >= 0.3 is 0 Å². The molecule has 1 unspecified atom stereocenters. The molecular formula is C23H24N6. The maximum atomic E-state index is 4.62. The van der Waals surface area contributed by atoms with Crippen molar-refractivity contribution < 1.29 is 0 Å². The second-order valence-corrected chi connectivity index (χ2v) is 7.93. The Morgan fingerprint density at radius 2 is 2.00 bits per heavy atom. The van der Waals surface area contributed by atoms with Crippen LogP contribution in [0, 0.1) is 13.8 Å². The zero-order valence-corrected chi connectivity index (χ0v) is 16.8. The molecule has 5 rings (SSSR count). The summed E-state index contributed by atoms with van der Waals surface area (Å²) in [6, 6.07) is 10.9. The predicted octanol–water partition coefficient (Wildman–Crippen LogP) is 4.47. The van der Waals surface area contributed by atoms with Gasteiger partial charge in [0.2, 0.25) is 0 Å². The van der Waals surface area contributed by atoms with Crippen molar-refractivity contribution >= 4 is 0 Å². The topological polar surface area (TPSA) is 72.3 Å². The fourth-order valence-corrected chi connectivity index (χ4v) is 4.36. The van der Waals surface area contributed by atoms with Gasteiger partial charge in [-0.2, -0.15) is 15.4 Å². The smallest absolute Gasteiger partial charge is 0.115 e. The van der Waals surface area contributed by atoms with E-state index in [9.17, 15) is 0 Å². The lowest BCUT2D eigenvalue weighted by Crippen LogP contribution is -2.15. The van der Waals surface area contributed by atoms with Crippen molar-refractivity contribution in [1.82, 2.24) is 29.9 Å². The Labute approximate surface area is 170 Å². The molecular weight excluding hydrogens is 360 g/mol. The van der Waals surface area contributed by atoms with Crippen LogP contribution in [0.25, 0.3) is 22.6 Å². The van der Waals surface area contributed by atoms with Crippen molar-refractivity contribution in [2.24, 2.45) is 0 Å². The number of nitrogens with zero attached hydrogens (tertiary/aromatic N) is 5. The third-order valence-electron chi connectivity index (χ3n) is 5.82. The van der Waals surface area contributed by atoms with E-state index in [0.717, 1.165) is 34.9 Å². The summed E-state index contributed by atoms with van der Waals surface area (Å²) in [5, 5.41) is 11.0. The van der Waals surface area contributed by atoms with Crippen molar-refractivity contribution in [2.45, 2.75) is 45.6 Å². The summed E-state index contributed by atoms with van der Waals surface area (Å²) in [7, 11) is 0. The fourth-order valence-electron chi connectivity index (χ4n) is 4.36. The third-order valence-corrected chi connectivity index (χ3v) is 5.82. The maximum absolute atomic E-state index is 4.62. The van der Waals surface area contributed by atoms with E-state index in [4.69, 9.17) is 0 Å². The van der Waals surface area contributed by atoms with Crippen LogP contribution in [0.3, 0.4) is 0 Å². The normalized spacial score (nSPS) is 16.0. The summed E-state index contributed by atoms with van der Waals surface area (Å²) in [6.45, 7) is 5.07. The lowest BCUT2D eigenvalue weighted by molar-refractivity contribution is 0.483. The summed E-state index contributed by atoms with van der Waals surface area (Å²) >= 11 is 0. The molecule has 0 fully saturated rings. The minimum atomic E-state index is 0.540. The zero-order valence-electron chi connectivity index (χ0n) is 16.8. The fraction of sp³-hybridized carbons (Fsp3) is 0.304. The van der Waals surface area contributed by atoms with E-state index in [1.165, 1.54) is 36.0 Å². The van der Waals surface area contributed by atoms with Crippen LogP contribution in [-0.2, 0) is 13.0 Å². The van der Waals surface area contributed by atoms with Gasteiger partial charge in [-0.05, 0) is 56.4 Å². The van der Waals surface area contributed by atoms with Gasteiger partial charge in [0.05, 0.1) is 17.7 Å². The first kappa shape index (κ1) is 17.8. The van der Waals surface area contributed by atoms with Gasteiger partial charge in [-0.15, -0.1) is 0 Å². The summed E-state index contributed by atoms with van der Waals surface area (Å²) < 4.78 is 2.20. The van der Waals surface area contributed by atoms with Gasteiger partial charge in [0.25, 0.3) is 0 Å². The molecule has 6 heteroatoms. The summed E-state index contributed by atoms with van der Waals surface area (Å²) in [5.41, 5.74) is 8.81. The number of hydrogen-bond acceptors (Lipinski definition) is 4. The van der Waals surface area contributed by atoms with E-state index in [2.05, 4.69) is 61.3 Å². The van der Waals surface area contributed by atoms with Gasteiger partial charge in [-0.1, -0.05) is 23.8 Å². The molecule has 1 aromatic carbocycles. The van der Waals surface area contributed by atoms with Crippen molar-refractivity contribution in [3.63, 3.8) is 0 Å². The van der Waals surface area contributed by atoms with Crippen LogP contribution in [-0.4, -0.2) is 29.9 Å². The number of benzene rings is 1. The molecule has 29 heavy (non-hydrogen) atoms. The molecule has 0 aliphatic heterocycles. The Kier molecular flexibility index (Phi) is 4.46. The van der Waals surface area contributed by atoms with Crippen molar-refractivity contribution in [2.75, 3.05) is 0 Å². The molecule has 0 bridgehead atoms. The highest BCUT2D eigenvalue weighted by molar-refractivity contribution is 5.67. The first-order valence-corrected chi connectivity index (χ1v) is 10.1. The van der Waals surface area contributed by atoms with Crippen LogP contribution in [0.4, 0.5) is 0 Å². The number of aryl methyl sites for hydroxylation is 3. The van der Waals surface area contributed by atoms with E-state index >= 15 is 0 Å². The highest BCUT2D eigenvalue weighted by atomic mass is 15.3. The predicted molar refractivity (Wildman–Crippen MR) is 112 cm³/mol. The second kappa shape index (κ2) is 7.28. The van der Waals surface area contributed by atoms with Crippen LogP contribution in [0.5, 0.6) is 0 Å². The molecule has 6 nitrogen and oxygen atoms in total. The van der Waals surface area contributed by atoms with Gasteiger partial charge in [-0.3, -0.25) is 4.98 Å². The van der Waals surface area contributed by atoms with Gasteiger partial charge < -0.3 is 4.57 Å². The van der Waals surface area contributed by atoms with Crippen LogP contribution in [0.1, 0.15) is 41.1 Å². The van der Waals surface area contributed by atoms with E-state index in [1.54, 1.807) is 6.20 Å². The van der Waals surface area contributed by atoms with Gasteiger partial charge in [0.1, 0.15) is 11.4 Å². The largest absolute Gasteiger partial charge is 0.336 e. The average Bonchev–Trinajstić information content (AvgIpc) is 3.37. The molecule has 1 atom stereocenters. The van der Waals surface area contributed by atoms with E-state index in [-0.39, 0.29) is 0 Å². The average molecular weight is 384 g/mol. The van der Waals surface area contributed by atoms with Gasteiger partial charge in [-0.25, -0.2) is 4.98 Å². The Morgan fingerprint density at radius 1 is 1.07 bits per heavy atom. The molecule has 0 saturated heterocycles. The molecule has 1 N–H and O–H groups in total. The first-order chi connectivity index (χ1) is 14.2. The maximum Gasteiger partial charge on any atom is 0.115 e. The standard InChI is InChI=1S/C23H24N6/c1-15-6-7-20-17(10-15)4-3-5-19(20)12-29-13-22(25-14-29)21-11-18(8-9-24-21)23-16(2)26-28-27-23/h6-11,13-14,19H,3-5,12H2,1-2H3,(H,26,27,28). The molecule has 4 aromatic rings. The highest BCUT2D eigenvalue weighted by Gasteiger charge is 2.21. The lowest BCUT2D eigenvalue weighted by atomic mass is 9.82. The lowest BCUT2D eigenvalue weighted by Gasteiger charge is -2.26. The molecule has 1 aliphatic carbocycles. The molecule has 0 saturated carbocycles. The van der Waals surface area contributed by atoms with Crippen molar-refractivity contribution in [1.29, 1.82) is 0 Å². The highest BCUT2D eigenvalue weighted by Crippen LogP contribution is 2.33. The Morgan fingerprint density at radius 3 is 2.86 bits per heavy atom. The first-order valence-electron chi connectivity index (χ1n) is 10.1. The molecule has 0 amide bonds. The number of pyridine rings is 1. The Balaban J connectivity index is 1.39. The quantitative estimate of drug-likeness (QED) is 0.563. The molecule has 1 aliphatic rings. The Bertz CT molecular complexity index is 1160. The van der Waals surface area contributed by atoms with Crippen LogP contribution < -0.4 is 0 Å². The van der Waals surface area contributed by atoms with Gasteiger partial charge in [0, 0.05) is 30.4 Å². The monoisotopic (exact) mass is 384 g/mol. The number of imidazole rings is 1. The number of nitrogens with one attached hydrogen (secondary N) is 1. The van der Waals surface area contributed by atoms with E-state index in [1.807, 2.05) is 25.4 Å². The SMILES string of the molecule is Cc1ccc2c(c1)CCCC2Cn1cnc(-c2cc(-c3n[nH]nc3C)ccn2)c1. The molecule has 146 valence electrons. The molecule has 0 radical (unpaired) electrons. The molecule has 0 spiro atoms. The zero-order chi connectivity index (χ0) is 19.8. The number of aromatic nitrogens is 6. The minimum Gasteiger partial charge on any atom is -0.336 e.